The molecule has 0 radical (unpaired) electrons. The first kappa shape index (κ1) is 21.9. The SMILES string of the molecule is C1=Cc2ccc(cc2)C1.C=C[Si](OC)(OC)OC.CO[SiH2]OC. The van der Waals surface area contributed by atoms with Crippen LogP contribution in [0, 0.1) is 0 Å². The van der Waals surface area contributed by atoms with E-state index in [1.807, 2.05) is 0 Å². The van der Waals surface area contributed by atoms with Crippen LogP contribution in [0.1, 0.15) is 11.1 Å². The Labute approximate surface area is 143 Å². The molecule has 0 amide bonds. The third-order valence-corrected chi connectivity index (χ3v) is 5.66. The van der Waals surface area contributed by atoms with Gasteiger partial charge in [-0.25, -0.2) is 0 Å². The van der Waals surface area contributed by atoms with Gasteiger partial charge in [-0.2, -0.15) is 0 Å². The second-order valence-corrected chi connectivity index (χ2v) is 8.69. The van der Waals surface area contributed by atoms with Crippen molar-refractivity contribution in [3.05, 3.63) is 53.7 Å². The van der Waals surface area contributed by atoms with Gasteiger partial charge < -0.3 is 22.1 Å². The zero-order valence-electron chi connectivity index (χ0n) is 14.7. The highest BCUT2D eigenvalue weighted by molar-refractivity contribution is 6.66. The van der Waals surface area contributed by atoms with Gasteiger partial charge in [0, 0.05) is 35.5 Å². The molecule has 3 rings (SSSR count). The molecule has 0 heterocycles. The van der Waals surface area contributed by atoms with Crippen molar-refractivity contribution < 1.29 is 22.1 Å². The zero-order valence-corrected chi connectivity index (χ0v) is 17.1. The lowest BCUT2D eigenvalue weighted by molar-refractivity contribution is 0.138. The van der Waals surface area contributed by atoms with Crippen LogP contribution in [0.5, 0.6) is 0 Å². The summed E-state index contributed by atoms with van der Waals surface area (Å²) < 4.78 is 24.1. The number of benzene rings is 1. The Kier molecular flexibility index (Phi) is 12.8. The summed E-state index contributed by atoms with van der Waals surface area (Å²) in [5.41, 5.74) is 4.30. The van der Waals surface area contributed by atoms with E-state index < -0.39 is 18.8 Å². The monoisotopic (exact) mass is 356 g/mol. The number of allylic oxidation sites excluding steroid dienone is 1. The fourth-order valence-electron chi connectivity index (χ4n) is 1.71. The van der Waals surface area contributed by atoms with Gasteiger partial charge in [-0.1, -0.05) is 43.0 Å². The molecule has 0 fully saturated rings. The van der Waals surface area contributed by atoms with E-state index in [0.29, 0.717) is 0 Å². The highest BCUT2D eigenvalue weighted by atomic mass is 28.4. The van der Waals surface area contributed by atoms with Crippen LogP contribution >= 0.6 is 0 Å². The molecule has 1 aromatic carbocycles. The second-order valence-electron chi connectivity index (χ2n) is 4.46. The Bertz CT molecular complexity index is 434. The summed E-state index contributed by atoms with van der Waals surface area (Å²) in [4.78, 5) is 0. The fraction of sp³-hybridized carbons (Fsp3) is 0.375. The smallest absolute Gasteiger partial charge is 0.402 e. The topological polar surface area (TPSA) is 46.2 Å². The van der Waals surface area contributed by atoms with Crippen molar-refractivity contribution in [2.24, 2.45) is 0 Å². The van der Waals surface area contributed by atoms with Gasteiger partial charge in [0.25, 0.3) is 0 Å². The molecule has 0 unspecified atom stereocenters. The van der Waals surface area contributed by atoms with Crippen molar-refractivity contribution in [2.75, 3.05) is 35.5 Å². The van der Waals surface area contributed by atoms with Crippen LogP contribution < -0.4 is 0 Å². The van der Waals surface area contributed by atoms with Crippen molar-refractivity contribution in [3.8, 4) is 0 Å². The molecule has 23 heavy (non-hydrogen) atoms. The molecule has 0 saturated heterocycles. The highest BCUT2D eigenvalue weighted by Gasteiger charge is 2.33. The van der Waals surface area contributed by atoms with Crippen molar-refractivity contribution >= 4 is 24.9 Å². The van der Waals surface area contributed by atoms with Crippen LogP contribution in [-0.2, 0) is 28.6 Å². The van der Waals surface area contributed by atoms with Crippen LogP contribution in [0.2, 0.25) is 0 Å². The Hall–Kier alpha value is -1.07. The van der Waals surface area contributed by atoms with E-state index in [1.165, 1.54) is 11.1 Å². The van der Waals surface area contributed by atoms with Crippen molar-refractivity contribution in [2.45, 2.75) is 6.42 Å². The molecule has 7 heteroatoms. The Balaban J connectivity index is 0.000000332. The lowest BCUT2D eigenvalue weighted by Crippen LogP contribution is -2.40. The van der Waals surface area contributed by atoms with Gasteiger partial charge in [-0.05, 0) is 23.2 Å². The van der Waals surface area contributed by atoms with Gasteiger partial charge in [0.2, 0.25) is 0 Å². The summed E-state index contributed by atoms with van der Waals surface area (Å²) in [5, 5.41) is 0. The molecule has 2 aliphatic carbocycles. The minimum Gasteiger partial charge on any atom is -0.402 e. The number of rotatable bonds is 6. The first-order chi connectivity index (χ1) is 11.1. The van der Waals surface area contributed by atoms with E-state index in [9.17, 15) is 0 Å². The number of fused-ring (bicyclic) bond motifs is 3. The van der Waals surface area contributed by atoms with Crippen molar-refractivity contribution in [1.29, 1.82) is 0 Å². The minimum atomic E-state index is -2.43. The fourth-order valence-corrected chi connectivity index (χ4v) is 2.95. The first-order valence-corrected chi connectivity index (χ1v) is 10.1. The summed E-state index contributed by atoms with van der Waals surface area (Å²) in [5.74, 6) is 0. The largest absolute Gasteiger partial charge is 0.528 e. The molecule has 1 aromatic rings. The summed E-state index contributed by atoms with van der Waals surface area (Å²) in [7, 11) is 4.93. The van der Waals surface area contributed by atoms with Crippen LogP contribution in [-0.4, -0.2) is 54.4 Å². The molecule has 2 bridgehead atoms. The van der Waals surface area contributed by atoms with Gasteiger partial charge in [0.05, 0.1) is 0 Å². The van der Waals surface area contributed by atoms with Gasteiger partial charge in [0.1, 0.15) is 0 Å². The second kappa shape index (κ2) is 13.4. The van der Waals surface area contributed by atoms with Gasteiger partial charge in [-0.3, -0.25) is 0 Å². The summed E-state index contributed by atoms with van der Waals surface area (Å²) in [6.45, 7) is 3.53. The Morgan fingerprint density at radius 2 is 1.48 bits per heavy atom. The number of hydrogen-bond acceptors (Lipinski definition) is 5. The van der Waals surface area contributed by atoms with Crippen LogP contribution in [0.25, 0.3) is 6.08 Å². The summed E-state index contributed by atoms with van der Waals surface area (Å²) in [6.07, 6.45) is 5.45. The molecular formula is C16H28O5Si2. The van der Waals surface area contributed by atoms with Crippen LogP contribution in [0.4, 0.5) is 0 Å². The molecule has 130 valence electrons. The van der Waals surface area contributed by atoms with Gasteiger partial charge in [0.15, 0.2) is 0 Å². The molecule has 5 nitrogen and oxygen atoms in total. The molecule has 0 saturated carbocycles. The molecule has 0 aliphatic heterocycles. The third-order valence-electron chi connectivity index (χ3n) is 2.98. The highest BCUT2D eigenvalue weighted by Crippen LogP contribution is 2.11. The normalized spacial score (nSPS) is 11.7. The molecule has 0 atom stereocenters. The number of hydrogen-bond donors (Lipinski definition) is 0. The average molecular weight is 357 g/mol. The molecule has 0 aromatic heterocycles. The van der Waals surface area contributed by atoms with Crippen molar-refractivity contribution in [1.82, 2.24) is 0 Å². The predicted octanol–water partition coefficient (Wildman–Crippen LogP) is 2.12. The quantitative estimate of drug-likeness (QED) is 0.731. The van der Waals surface area contributed by atoms with Crippen LogP contribution in [0.3, 0.4) is 0 Å². The van der Waals surface area contributed by atoms with E-state index in [-0.39, 0.29) is 0 Å². The minimum absolute atomic E-state index is 0.568. The molecule has 0 N–H and O–H groups in total. The maximum Gasteiger partial charge on any atom is 0.528 e. The predicted molar refractivity (Wildman–Crippen MR) is 98.7 cm³/mol. The lowest BCUT2D eigenvalue weighted by atomic mass is 10.2. The summed E-state index contributed by atoms with van der Waals surface area (Å²) >= 11 is 0. The van der Waals surface area contributed by atoms with Crippen LogP contribution in [0.15, 0.2) is 42.6 Å². The van der Waals surface area contributed by atoms with Gasteiger partial charge >= 0.3 is 18.8 Å². The Morgan fingerprint density at radius 3 is 1.78 bits per heavy atom. The standard InChI is InChI=1S/C9H8.C5H12O3Si.C2H8O2Si/c1-2-8-4-6-9(3-1)7-5-8;1-5-9(6-2,7-3)8-4;1-3-5-4-2/h1-2,4-7H,3H2;5H,1H2,2-4H3;5H2,1-2H3. The van der Waals surface area contributed by atoms with E-state index in [4.69, 9.17) is 13.3 Å². The summed E-state index contributed by atoms with van der Waals surface area (Å²) in [6, 6.07) is 8.66. The first-order valence-electron chi connectivity index (χ1n) is 7.13. The molecular weight excluding hydrogens is 328 g/mol. The maximum absolute atomic E-state index is 4.96. The van der Waals surface area contributed by atoms with E-state index in [2.05, 4.69) is 51.8 Å². The lowest BCUT2D eigenvalue weighted by Gasteiger charge is -2.19. The van der Waals surface area contributed by atoms with E-state index in [0.717, 1.165) is 6.42 Å². The molecule has 0 spiro atoms. The average Bonchev–Trinajstić information content (AvgIpc) is 2.97. The maximum atomic E-state index is 4.96. The third kappa shape index (κ3) is 8.96. The zero-order chi connectivity index (χ0) is 17.6. The van der Waals surface area contributed by atoms with Gasteiger partial charge in [-0.15, -0.1) is 0 Å². The van der Waals surface area contributed by atoms with E-state index >= 15 is 0 Å². The van der Waals surface area contributed by atoms with E-state index in [1.54, 1.807) is 41.2 Å². The molecule has 2 aliphatic rings. The van der Waals surface area contributed by atoms with Crippen molar-refractivity contribution in [3.63, 3.8) is 0 Å². The Morgan fingerprint density at radius 1 is 0.957 bits per heavy atom.